The van der Waals surface area contributed by atoms with Gasteiger partial charge in [0.1, 0.15) is 12.4 Å². The molecule has 3 nitrogen and oxygen atoms in total. The van der Waals surface area contributed by atoms with Gasteiger partial charge in [0, 0.05) is 18.8 Å². The molecule has 1 aromatic rings. The highest BCUT2D eigenvalue weighted by Crippen LogP contribution is 2.25. The van der Waals surface area contributed by atoms with E-state index in [9.17, 15) is 13.2 Å². The molecule has 0 bridgehead atoms. The molecule has 1 aromatic heterocycles. The first-order chi connectivity index (χ1) is 8.74. The zero-order valence-electron chi connectivity index (χ0n) is 11.7. The van der Waals surface area contributed by atoms with Crippen molar-refractivity contribution in [2.24, 2.45) is 0 Å². The molecule has 1 heterocycles. The van der Waals surface area contributed by atoms with E-state index >= 15 is 0 Å². The molecule has 1 rings (SSSR count). The quantitative estimate of drug-likeness (QED) is 0.895. The van der Waals surface area contributed by atoms with E-state index in [0.717, 1.165) is 11.1 Å². The first kappa shape index (κ1) is 15.8. The van der Waals surface area contributed by atoms with E-state index in [1.165, 1.54) is 4.90 Å². The Kier molecular flexibility index (Phi) is 5.17. The molecule has 0 spiro atoms. The fourth-order valence-corrected chi connectivity index (χ4v) is 1.92. The molecule has 0 amide bonds. The Labute approximate surface area is 111 Å². The Morgan fingerprint density at radius 3 is 2.42 bits per heavy atom. The average molecular weight is 275 g/mol. The number of nitrogens with one attached hydrogen (secondary N) is 1. The zero-order valence-corrected chi connectivity index (χ0v) is 11.7. The average Bonchev–Trinajstić information content (AvgIpc) is 2.25. The van der Waals surface area contributed by atoms with Crippen molar-refractivity contribution >= 4 is 5.82 Å². The summed E-state index contributed by atoms with van der Waals surface area (Å²) in [6, 6.07) is 1.60. The minimum absolute atomic E-state index is 0.261. The molecule has 0 aliphatic rings. The molecular formula is C13H20F3N3. The maximum atomic E-state index is 12.6. The van der Waals surface area contributed by atoms with Gasteiger partial charge in [0.15, 0.2) is 0 Å². The summed E-state index contributed by atoms with van der Waals surface area (Å²) >= 11 is 0. The van der Waals surface area contributed by atoms with Gasteiger partial charge in [-0.3, -0.25) is 0 Å². The van der Waals surface area contributed by atoms with Crippen molar-refractivity contribution in [1.82, 2.24) is 10.3 Å². The second-order valence-electron chi connectivity index (χ2n) is 4.85. The summed E-state index contributed by atoms with van der Waals surface area (Å²) in [5.74, 6) is 0.396. The smallest absolute Gasteiger partial charge is 0.345 e. The fourth-order valence-electron chi connectivity index (χ4n) is 1.92. The molecule has 0 saturated heterocycles. The van der Waals surface area contributed by atoms with Crippen LogP contribution in [0.4, 0.5) is 19.0 Å². The van der Waals surface area contributed by atoms with Gasteiger partial charge in [0.05, 0.1) is 0 Å². The van der Waals surface area contributed by atoms with E-state index in [2.05, 4.69) is 10.3 Å². The highest BCUT2D eigenvalue weighted by molar-refractivity contribution is 5.48. The van der Waals surface area contributed by atoms with Crippen molar-refractivity contribution in [3.63, 3.8) is 0 Å². The van der Waals surface area contributed by atoms with Crippen LogP contribution in [0.2, 0.25) is 0 Å². The summed E-state index contributed by atoms with van der Waals surface area (Å²) in [5, 5.41) is 2.99. The van der Waals surface area contributed by atoms with Crippen LogP contribution in [0.25, 0.3) is 0 Å². The second kappa shape index (κ2) is 6.23. The van der Waals surface area contributed by atoms with E-state index in [-0.39, 0.29) is 6.04 Å². The number of halogens is 3. The largest absolute Gasteiger partial charge is 0.405 e. The second-order valence-corrected chi connectivity index (χ2v) is 4.85. The maximum absolute atomic E-state index is 12.6. The predicted molar refractivity (Wildman–Crippen MR) is 70.3 cm³/mol. The van der Waals surface area contributed by atoms with Crippen LogP contribution >= 0.6 is 0 Å². The molecule has 0 aromatic carbocycles. The fraction of sp³-hybridized carbons (Fsp3) is 0.615. The number of rotatable bonds is 5. The third kappa shape index (κ3) is 4.70. The minimum Gasteiger partial charge on any atom is -0.345 e. The van der Waals surface area contributed by atoms with Gasteiger partial charge in [-0.2, -0.15) is 13.2 Å². The molecule has 108 valence electrons. The van der Waals surface area contributed by atoms with Crippen LogP contribution in [0.5, 0.6) is 0 Å². The number of aromatic nitrogens is 1. The van der Waals surface area contributed by atoms with Crippen molar-refractivity contribution in [3.05, 3.63) is 23.4 Å². The number of hydrogen-bond donors (Lipinski definition) is 1. The standard InChI is InChI=1S/C13H20F3N3/c1-9(2)19(8-13(14,15)16)12-10(3)5-11(6-17-4)7-18-12/h5,7,9,17H,6,8H2,1-4H3. The third-order valence-electron chi connectivity index (χ3n) is 2.73. The number of pyridine rings is 1. The summed E-state index contributed by atoms with van der Waals surface area (Å²) in [4.78, 5) is 5.46. The van der Waals surface area contributed by atoms with Crippen LogP contribution in [-0.4, -0.2) is 30.8 Å². The van der Waals surface area contributed by atoms with Gasteiger partial charge >= 0.3 is 6.18 Å². The van der Waals surface area contributed by atoms with E-state index in [4.69, 9.17) is 0 Å². The van der Waals surface area contributed by atoms with Crippen LogP contribution in [0.15, 0.2) is 12.3 Å². The molecule has 6 heteroatoms. The highest BCUT2D eigenvalue weighted by atomic mass is 19.4. The normalized spacial score (nSPS) is 12.0. The van der Waals surface area contributed by atoms with Crippen LogP contribution in [0, 0.1) is 6.92 Å². The molecule has 0 unspecified atom stereocenters. The van der Waals surface area contributed by atoms with Gasteiger partial charge in [0.2, 0.25) is 0 Å². The molecule has 0 saturated carbocycles. The van der Waals surface area contributed by atoms with Crippen LogP contribution in [-0.2, 0) is 6.54 Å². The van der Waals surface area contributed by atoms with Crippen molar-refractivity contribution in [2.75, 3.05) is 18.5 Å². The highest BCUT2D eigenvalue weighted by Gasteiger charge is 2.33. The lowest BCUT2D eigenvalue weighted by molar-refractivity contribution is -0.120. The lowest BCUT2D eigenvalue weighted by Crippen LogP contribution is -2.40. The van der Waals surface area contributed by atoms with E-state index in [1.807, 2.05) is 13.1 Å². The number of aryl methyl sites for hydroxylation is 1. The molecule has 0 atom stereocenters. The SMILES string of the molecule is CNCc1cnc(N(CC(F)(F)F)C(C)C)c(C)c1. The van der Waals surface area contributed by atoms with Crippen LogP contribution in [0.3, 0.4) is 0 Å². The molecule has 0 fully saturated rings. The first-order valence-electron chi connectivity index (χ1n) is 6.18. The van der Waals surface area contributed by atoms with E-state index in [1.54, 1.807) is 27.0 Å². The van der Waals surface area contributed by atoms with Gasteiger partial charge in [0.25, 0.3) is 0 Å². The number of hydrogen-bond acceptors (Lipinski definition) is 3. The third-order valence-corrected chi connectivity index (χ3v) is 2.73. The molecule has 0 aliphatic heterocycles. The summed E-state index contributed by atoms with van der Waals surface area (Å²) in [6.45, 7) is 4.91. The summed E-state index contributed by atoms with van der Waals surface area (Å²) in [6.07, 6.45) is -2.62. The summed E-state index contributed by atoms with van der Waals surface area (Å²) < 4.78 is 37.8. The molecule has 19 heavy (non-hydrogen) atoms. The topological polar surface area (TPSA) is 28.2 Å². The maximum Gasteiger partial charge on any atom is 0.405 e. The van der Waals surface area contributed by atoms with Crippen molar-refractivity contribution in [3.8, 4) is 0 Å². The lowest BCUT2D eigenvalue weighted by Gasteiger charge is -2.30. The van der Waals surface area contributed by atoms with Crippen LogP contribution < -0.4 is 10.2 Å². The Balaban J connectivity index is 3.03. The minimum atomic E-state index is -4.23. The molecule has 0 radical (unpaired) electrons. The predicted octanol–water partition coefficient (Wildman–Crippen LogP) is 2.89. The number of alkyl halides is 3. The van der Waals surface area contributed by atoms with Crippen molar-refractivity contribution in [1.29, 1.82) is 0 Å². The summed E-state index contributed by atoms with van der Waals surface area (Å²) in [5.41, 5.74) is 1.71. The van der Waals surface area contributed by atoms with Crippen molar-refractivity contribution < 1.29 is 13.2 Å². The molecular weight excluding hydrogens is 255 g/mol. The van der Waals surface area contributed by atoms with Gasteiger partial charge in [-0.15, -0.1) is 0 Å². The zero-order chi connectivity index (χ0) is 14.6. The van der Waals surface area contributed by atoms with E-state index in [0.29, 0.717) is 12.4 Å². The summed E-state index contributed by atoms with van der Waals surface area (Å²) in [7, 11) is 1.81. The Morgan fingerprint density at radius 2 is 2.00 bits per heavy atom. The van der Waals surface area contributed by atoms with Crippen molar-refractivity contribution in [2.45, 2.75) is 39.5 Å². The Morgan fingerprint density at radius 1 is 1.37 bits per heavy atom. The molecule has 1 N–H and O–H groups in total. The number of anilines is 1. The van der Waals surface area contributed by atoms with Crippen LogP contribution in [0.1, 0.15) is 25.0 Å². The number of nitrogens with zero attached hydrogens (tertiary/aromatic N) is 2. The lowest BCUT2D eigenvalue weighted by atomic mass is 10.1. The Hall–Kier alpha value is -1.30. The van der Waals surface area contributed by atoms with E-state index < -0.39 is 12.7 Å². The van der Waals surface area contributed by atoms with Gasteiger partial charge in [-0.05, 0) is 45.0 Å². The van der Waals surface area contributed by atoms with Gasteiger partial charge in [-0.25, -0.2) is 4.98 Å². The Bertz CT molecular complexity index is 416. The monoisotopic (exact) mass is 275 g/mol. The van der Waals surface area contributed by atoms with Gasteiger partial charge in [-0.1, -0.05) is 0 Å². The van der Waals surface area contributed by atoms with Gasteiger partial charge < -0.3 is 10.2 Å². The molecule has 0 aliphatic carbocycles. The first-order valence-corrected chi connectivity index (χ1v) is 6.18.